The third kappa shape index (κ3) is 5.87. The molecule has 1 saturated heterocycles. The molecule has 6 nitrogen and oxygen atoms in total. The summed E-state index contributed by atoms with van der Waals surface area (Å²) in [6.45, 7) is 4.55. The van der Waals surface area contributed by atoms with E-state index in [4.69, 9.17) is 9.73 Å². The summed E-state index contributed by atoms with van der Waals surface area (Å²) >= 11 is 1.58. The van der Waals surface area contributed by atoms with Crippen LogP contribution in [0.1, 0.15) is 25.3 Å². The highest BCUT2D eigenvalue weighted by molar-refractivity contribution is 7.89. The Kier molecular flexibility index (Phi) is 7.88. The second-order valence-electron chi connectivity index (χ2n) is 8.97. The smallest absolute Gasteiger partial charge is 0.243 e. The average molecular weight is 534 g/mol. The average Bonchev–Trinajstić information content (AvgIpc) is 3.61. The maximum Gasteiger partial charge on any atom is 0.243 e. The Morgan fingerprint density at radius 3 is 2.30 bits per heavy atom. The normalized spacial score (nSPS) is 14.8. The van der Waals surface area contributed by atoms with Crippen molar-refractivity contribution < 1.29 is 13.2 Å². The molecule has 1 aliphatic rings. The number of aryl methyl sites for hydroxylation is 1. The maximum absolute atomic E-state index is 13.0. The molecule has 0 aliphatic carbocycles. The van der Waals surface area contributed by atoms with Crippen LogP contribution in [0.15, 0.2) is 94.1 Å². The summed E-state index contributed by atoms with van der Waals surface area (Å²) in [5, 5.41) is 2.10. The Morgan fingerprint density at radius 1 is 0.919 bits per heavy atom. The maximum atomic E-state index is 13.0. The first-order valence-electron chi connectivity index (χ1n) is 12.6. The molecule has 0 N–H and O–H groups in total. The zero-order valence-electron chi connectivity index (χ0n) is 20.9. The van der Waals surface area contributed by atoms with Gasteiger partial charge in [0.25, 0.3) is 0 Å². The minimum atomic E-state index is -3.44. The van der Waals surface area contributed by atoms with Crippen molar-refractivity contribution in [1.82, 2.24) is 8.87 Å². The van der Waals surface area contributed by atoms with E-state index in [9.17, 15) is 8.42 Å². The molecule has 5 rings (SSSR count). The lowest BCUT2D eigenvalue weighted by Crippen LogP contribution is -2.27. The second-order valence-corrected chi connectivity index (χ2v) is 11.7. The Morgan fingerprint density at radius 2 is 1.62 bits per heavy atom. The van der Waals surface area contributed by atoms with E-state index in [0.29, 0.717) is 24.6 Å². The lowest BCUT2D eigenvalue weighted by atomic mass is 10.1. The van der Waals surface area contributed by atoms with Crippen molar-refractivity contribution in [3.05, 3.63) is 94.6 Å². The molecule has 192 valence electrons. The van der Waals surface area contributed by atoms with Gasteiger partial charge >= 0.3 is 0 Å². The van der Waals surface area contributed by atoms with Crippen molar-refractivity contribution in [3.8, 4) is 17.0 Å². The highest BCUT2D eigenvalue weighted by Crippen LogP contribution is 2.26. The zero-order valence-corrected chi connectivity index (χ0v) is 22.5. The largest absolute Gasteiger partial charge is 0.494 e. The first kappa shape index (κ1) is 25.4. The van der Waals surface area contributed by atoms with Gasteiger partial charge in [0.2, 0.25) is 10.0 Å². The van der Waals surface area contributed by atoms with E-state index in [0.717, 1.165) is 53.3 Å². The number of thiazole rings is 1. The molecule has 37 heavy (non-hydrogen) atoms. The van der Waals surface area contributed by atoms with Crippen molar-refractivity contribution >= 4 is 27.0 Å². The third-order valence-corrected chi connectivity index (χ3v) is 9.27. The minimum absolute atomic E-state index is 0.350. The van der Waals surface area contributed by atoms with Crippen molar-refractivity contribution in [3.63, 3.8) is 0 Å². The number of hydrogen-bond acceptors (Lipinski definition) is 5. The number of ether oxygens (including phenoxy) is 1. The molecule has 0 unspecified atom stereocenters. The SMILES string of the molecule is CCOc1ccc(N=c2scc(-c3ccc(S(=O)(=O)N4CCCC4)cc3)n2CCc2ccccc2)cc1. The van der Waals surface area contributed by atoms with E-state index in [1.165, 1.54) is 5.56 Å². The molecule has 0 atom stereocenters. The van der Waals surface area contributed by atoms with Crippen LogP contribution in [0.4, 0.5) is 5.69 Å². The van der Waals surface area contributed by atoms with E-state index in [-0.39, 0.29) is 0 Å². The molecular formula is C29H31N3O3S2. The summed E-state index contributed by atoms with van der Waals surface area (Å²) in [6.07, 6.45) is 2.71. The monoisotopic (exact) mass is 533 g/mol. The van der Waals surface area contributed by atoms with Crippen molar-refractivity contribution in [2.75, 3.05) is 19.7 Å². The molecule has 0 bridgehead atoms. The van der Waals surface area contributed by atoms with Gasteiger partial charge in [0.1, 0.15) is 5.75 Å². The molecule has 1 fully saturated rings. The Bertz CT molecular complexity index is 1480. The molecule has 4 aromatic rings. The van der Waals surface area contributed by atoms with Gasteiger partial charge in [-0.3, -0.25) is 0 Å². The highest BCUT2D eigenvalue weighted by Gasteiger charge is 2.27. The molecular weight excluding hydrogens is 502 g/mol. The van der Waals surface area contributed by atoms with Gasteiger partial charge in [-0.1, -0.05) is 42.5 Å². The molecule has 0 radical (unpaired) electrons. The molecule has 2 heterocycles. The molecule has 0 saturated carbocycles. The fourth-order valence-electron chi connectivity index (χ4n) is 4.52. The first-order valence-corrected chi connectivity index (χ1v) is 15.0. The van der Waals surface area contributed by atoms with E-state index in [1.54, 1.807) is 27.8 Å². The number of hydrogen-bond donors (Lipinski definition) is 0. The second kappa shape index (κ2) is 11.5. The summed E-state index contributed by atoms with van der Waals surface area (Å²) in [5.74, 6) is 0.828. The minimum Gasteiger partial charge on any atom is -0.494 e. The van der Waals surface area contributed by atoms with Gasteiger partial charge in [0, 0.05) is 25.0 Å². The van der Waals surface area contributed by atoms with E-state index >= 15 is 0 Å². The van der Waals surface area contributed by atoms with E-state index in [2.05, 4.69) is 34.2 Å². The van der Waals surface area contributed by atoms with Gasteiger partial charge in [-0.05, 0) is 73.7 Å². The zero-order chi connectivity index (χ0) is 25.7. The topological polar surface area (TPSA) is 63.9 Å². The van der Waals surface area contributed by atoms with Crippen molar-refractivity contribution in [1.29, 1.82) is 0 Å². The van der Waals surface area contributed by atoms with E-state index in [1.807, 2.05) is 49.4 Å². The van der Waals surface area contributed by atoms with Crippen LogP contribution < -0.4 is 9.54 Å². The number of rotatable bonds is 9. The summed E-state index contributed by atoms with van der Waals surface area (Å²) < 4.78 is 35.3. The quantitative estimate of drug-likeness (QED) is 0.270. The highest BCUT2D eigenvalue weighted by atomic mass is 32.2. The van der Waals surface area contributed by atoms with Crippen molar-refractivity contribution in [2.45, 2.75) is 37.6 Å². The van der Waals surface area contributed by atoms with Crippen LogP contribution in [0.25, 0.3) is 11.3 Å². The number of benzene rings is 3. The Hall–Kier alpha value is -3.20. The predicted molar refractivity (Wildman–Crippen MR) is 149 cm³/mol. The number of sulfonamides is 1. The standard InChI is InChI=1S/C29H31N3O3S2/c1-2-35-26-14-12-25(13-15-26)30-29-32(21-18-23-8-4-3-5-9-23)28(22-36-29)24-10-16-27(17-11-24)37(33,34)31-19-6-7-20-31/h3-5,8-17,22H,2,6-7,18-21H2,1H3. The van der Waals surface area contributed by atoms with Crippen LogP contribution in [0.3, 0.4) is 0 Å². The summed E-state index contributed by atoms with van der Waals surface area (Å²) in [4.78, 5) is 6.18. The van der Waals surface area contributed by atoms with Crippen LogP contribution in [0.5, 0.6) is 5.75 Å². The lowest BCUT2D eigenvalue weighted by molar-refractivity contribution is 0.340. The van der Waals surface area contributed by atoms with E-state index < -0.39 is 10.0 Å². The molecule has 0 amide bonds. The first-order chi connectivity index (χ1) is 18.0. The molecule has 1 aromatic heterocycles. The van der Waals surface area contributed by atoms with Gasteiger partial charge in [-0.25, -0.2) is 13.4 Å². The third-order valence-electron chi connectivity index (χ3n) is 6.49. The van der Waals surface area contributed by atoms with Crippen LogP contribution in [0.2, 0.25) is 0 Å². The van der Waals surface area contributed by atoms with Crippen molar-refractivity contribution in [2.24, 2.45) is 4.99 Å². The fraction of sp³-hybridized carbons (Fsp3) is 0.276. The van der Waals surface area contributed by atoms with Gasteiger partial charge in [-0.2, -0.15) is 4.31 Å². The molecule has 8 heteroatoms. The Balaban J connectivity index is 1.48. The Labute approximate surface area is 222 Å². The van der Waals surface area contributed by atoms with Gasteiger partial charge in [0.15, 0.2) is 4.80 Å². The molecule has 3 aromatic carbocycles. The number of nitrogens with zero attached hydrogens (tertiary/aromatic N) is 3. The summed E-state index contributed by atoms with van der Waals surface area (Å²) in [7, 11) is -3.44. The summed E-state index contributed by atoms with van der Waals surface area (Å²) in [5.41, 5.74) is 4.11. The van der Waals surface area contributed by atoms with Crippen LogP contribution in [-0.2, 0) is 23.0 Å². The van der Waals surface area contributed by atoms with Gasteiger partial charge in [-0.15, -0.1) is 11.3 Å². The number of aromatic nitrogens is 1. The molecule has 1 aliphatic heterocycles. The van der Waals surface area contributed by atoms with Gasteiger partial charge in [0.05, 0.1) is 22.9 Å². The van der Waals surface area contributed by atoms with Crippen LogP contribution >= 0.6 is 11.3 Å². The molecule has 0 spiro atoms. The summed E-state index contributed by atoms with van der Waals surface area (Å²) in [6, 6.07) is 25.5. The van der Waals surface area contributed by atoms with Crippen LogP contribution in [-0.4, -0.2) is 37.0 Å². The fourth-order valence-corrected chi connectivity index (χ4v) is 6.99. The lowest BCUT2D eigenvalue weighted by Gasteiger charge is -2.16. The predicted octanol–water partition coefficient (Wildman–Crippen LogP) is 5.87. The van der Waals surface area contributed by atoms with Crippen LogP contribution in [0, 0.1) is 0 Å². The van der Waals surface area contributed by atoms with Gasteiger partial charge < -0.3 is 9.30 Å².